The Morgan fingerprint density at radius 1 is 1.50 bits per heavy atom. The van der Waals surface area contributed by atoms with Gasteiger partial charge in [0.05, 0.1) is 17.0 Å². The Bertz CT molecular complexity index is 547. The number of nitrogens with two attached hydrogens (primary N) is 1. The van der Waals surface area contributed by atoms with Crippen LogP contribution in [0.4, 0.5) is 5.69 Å². The van der Waals surface area contributed by atoms with Gasteiger partial charge in [0, 0.05) is 16.8 Å². The lowest BCUT2D eigenvalue weighted by Gasteiger charge is -2.16. The van der Waals surface area contributed by atoms with Crippen LogP contribution in [-0.4, -0.2) is 27.2 Å². The highest BCUT2D eigenvalue weighted by molar-refractivity contribution is 9.10. The lowest BCUT2D eigenvalue weighted by atomic mass is 10.2. The van der Waals surface area contributed by atoms with E-state index in [9.17, 15) is 8.42 Å². The van der Waals surface area contributed by atoms with E-state index >= 15 is 0 Å². The van der Waals surface area contributed by atoms with Crippen molar-refractivity contribution in [2.45, 2.75) is 30.4 Å². The van der Waals surface area contributed by atoms with Gasteiger partial charge in [0.15, 0.2) is 0 Å². The van der Waals surface area contributed by atoms with Gasteiger partial charge in [0.25, 0.3) is 0 Å². The van der Waals surface area contributed by atoms with E-state index in [0.717, 1.165) is 0 Å². The van der Waals surface area contributed by atoms with Crippen molar-refractivity contribution in [3.05, 3.63) is 22.7 Å². The predicted octanol–water partition coefficient (Wildman–Crippen LogP) is 1.49. The van der Waals surface area contributed by atoms with Gasteiger partial charge in [-0.25, -0.2) is 13.1 Å². The van der Waals surface area contributed by atoms with E-state index in [1.165, 1.54) is 12.1 Å². The van der Waals surface area contributed by atoms with E-state index in [1.54, 1.807) is 6.07 Å². The van der Waals surface area contributed by atoms with Crippen LogP contribution in [0.5, 0.6) is 0 Å². The van der Waals surface area contributed by atoms with Crippen LogP contribution in [0, 0.1) is 0 Å². The minimum atomic E-state index is -3.53. The summed E-state index contributed by atoms with van der Waals surface area (Å²) in [5, 5.41) is 0. The number of benzene rings is 1. The molecule has 1 fully saturated rings. The van der Waals surface area contributed by atoms with Crippen molar-refractivity contribution in [3.63, 3.8) is 0 Å². The molecule has 7 heteroatoms. The molecule has 0 saturated carbocycles. The topological polar surface area (TPSA) is 81.4 Å². The maximum Gasteiger partial charge on any atom is 0.240 e. The van der Waals surface area contributed by atoms with Crippen molar-refractivity contribution in [2.24, 2.45) is 0 Å². The third-order valence-electron chi connectivity index (χ3n) is 2.96. The Morgan fingerprint density at radius 2 is 2.22 bits per heavy atom. The molecule has 5 nitrogen and oxygen atoms in total. The summed E-state index contributed by atoms with van der Waals surface area (Å²) in [5.74, 6) is 0. The number of nitrogen functional groups attached to an aromatic ring is 1. The average Bonchev–Trinajstić information content (AvgIpc) is 2.67. The second kappa shape index (κ2) is 5.16. The Morgan fingerprint density at radius 3 is 2.78 bits per heavy atom. The summed E-state index contributed by atoms with van der Waals surface area (Å²) in [7, 11) is -3.53. The summed E-state index contributed by atoms with van der Waals surface area (Å²) in [6.45, 7) is 2.44. The molecule has 18 heavy (non-hydrogen) atoms. The van der Waals surface area contributed by atoms with Crippen LogP contribution in [0.1, 0.15) is 13.3 Å². The zero-order valence-electron chi connectivity index (χ0n) is 9.89. The van der Waals surface area contributed by atoms with E-state index in [-0.39, 0.29) is 17.0 Å². The number of nitrogens with one attached hydrogen (secondary N) is 1. The average molecular weight is 335 g/mol. The summed E-state index contributed by atoms with van der Waals surface area (Å²) in [6.07, 6.45) is 0.591. The number of halogens is 1. The number of sulfonamides is 1. The SMILES string of the molecule is CC1OCCC1NS(=O)(=O)c1ccc(N)c(Br)c1. The van der Waals surface area contributed by atoms with Gasteiger partial charge in [-0.05, 0) is 47.5 Å². The maximum atomic E-state index is 12.2. The predicted molar refractivity (Wildman–Crippen MR) is 72.7 cm³/mol. The third kappa shape index (κ3) is 2.85. The number of ether oxygens (including phenoxy) is 1. The van der Waals surface area contributed by atoms with Crippen LogP contribution in [-0.2, 0) is 14.8 Å². The van der Waals surface area contributed by atoms with Crippen molar-refractivity contribution >= 4 is 31.6 Å². The number of hydrogen-bond donors (Lipinski definition) is 2. The largest absolute Gasteiger partial charge is 0.398 e. The van der Waals surface area contributed by atoms with Crippen LogP contribution in [0.25, 0.3) is 0 Å². The van der Waals surface area contributed by atoms with Crippen molar-refractivity contribution in [3.8, 4) is 0 Å². The fourth-order valence-electron chi connectivity index (χ4n) is 1.83. The Labute approximate surface area is 115 Å². The lowest BCUT2D eigenvalue weighted by molar-refractivity contribution is 0.117. The standard InChI is InChI=1S/C11H15BrN2O3S/c1-7-11(4-5-17-7)14-18(15,16)8-2-3-10(13)9(12)6-8/h2-3,6-7,11,14H,4-5,13H2,1H3. The zero-order chi connectivity index (χ0) is 13.3. The van der Waals surface area contributed by atoms with Gasteiger partial charge in [0.2, 0.25) is 10.0 Å². The van der Waals surface area contributed by atoms with Gasteiger partial charge in [-0.15, -0.1) is 0 Å². The number of anilines is 1. The fourth-order valence-corrected chi connectivity index (χ4v) is 3.72. The molecule has 1 aliphatic heterocycles. The quantitative estimate of drug-likeness (QED) is 0.820. The number of hydrogen-bond acceptors (Lipinski definition) is 4. The van der Waals surface area contributed by atoms with E-state index in [1.807, 2.05) is 6.92 Å². The molecule has 1 saturated heterocycles. The molecule has 0 bridgehead atoms. The van der Waals surface area contributed by atoms with Crippen LogP contribution in [0.15, 0.2) is 27.6 Å². The molecule has 1 aliphatic rings. The summed E-state index contributed by atoms with van der Waals surface area (Å²) < 4.78 is 32.9. The van der Waals surface area contributed by atoms with Crippen molar-refractivity contribution in [1.29, 1.82) is 0 Å². The van der Waals surface area contributed by atoms with Crippen LogP contribution >= 0.6 is 15.9 Å². The molecule has 3 N–H and O–H groups in total. The highest BCUT2D eigenvalue weighted by Crippen LogP contribution is 2.24. The first-order valence-electron chi connectivity index (χ1n) is 5.59. The van der Waals surface area contributed by atoms with Crippen LogP contribution in [0.3, 0.4) is 0 Å². The van der Waals surface area contributed by atoms with Gasteiger partial charge >= 0.3 is 0 Å². The molecule has 1 heterocycles. The summed E-state index contributed by atoms with van der Waals surface area (Å²) >= 11 is 3.22. The first-order chi connectivity index (χ1) is 8.40. The molecular weight excluding hydrogens is 320 g/mol. The normalized spacial score (nSPS) is 24.3. The molecular formula is C11H15BrN2O3S. The van der Waals surface area contributed by atoms with Gasteiger partial charge in [-0.3, -0.25) is 0 Å². The maximum absolute atomic E-state index is 12.2. The summed E-state index contributed by atoms with van der Waals surface area (Å²) in [6, 6.07) is 4.38. The Kier molecular flexibility index (Phi) is 3.96. The smallest absolute Gasteiger partial charge is 0.240 e. The monoisotopic (exact) mass is 334 g/mol. The molecule has 1 aromatic carbocycles. The highest BCUT2D eigenvalue weighted by Gasteiger charge is 2.29. The lowest BCUT2D eigenvalue weighted by Crippen LogP contribution is -2.39. The molecule has 0 aromatic heterocycles. The molecule has 0 radical (unpaired) electrons. The third-order valence-corrected chi connectivity index (χ3v) is 5.14. The van der Waals surface area contributed by atoms with Gasteiger partial charge in [-0.2, -0.15) is 0 Å². The molecule has 1 aromatic rings. The van der Waals surface area contributed by atoms with Crippen molar-refractivity contribution < 1.29 is 13.2 Å². The molecule has 2 rings (SSSR count). The van der Waals surface area contributed by atoms with Gasteiger partial charge < -0.3 is 10.5 Å². The second-order valence-electron chi connectivity index (χ2n) is 4.28. The molecule has 0 aliphatic carbocycles. The fraction of sp³-hybridized carbons (Fsp3) is 0.455. The first kappa shape index (κ1) is 13.8. The van der Waals surface area contributed by atoms with Crippen LogP contribution in [0.2, 0.25) is 0 Å². The van der Waals surface area contributed by atoms with Gasteiger partial charge in [-0.1, -0.05) is 0 Å². The first-order valence-corrected chi connectivity index (χ1v) is 7.87. The minimum absolute atomic E-state index is 0.100. The molecule has 0 spiro atoms. The molecule has 0 amide bonds. The van der Waals surface area contributed by atoms with Gasteiger partial charge in [0.1, 0.15) is 0 Å². The minimum Gasteiger partial charge on any atom is -0.398 e. The molecule has 100 valence electrons. The van der Waals surface area contributed by atoms with E-state index in [0.29, 0.717) is 23.2 Å². The Hall–Kier alpha value is -0.630. The second-order valence-corrected chi connectivity index (χ2v) is 6.84. The zero-order valence-corrected chi connectivity index (χ0v) is 12.3. The van der Waals surface area contributed by atoms with Crippen LogP contribution < -0.4 is 10.5 Å². The van der Waals surface area contributed by atoms with Crippen molar-refractivity contribution in [1.82, 2.24) is 4.72 Å². The van der Waals surface area contributed by atoms with Crippen molar-refractivity contribution in [2.75, 3.05) is 12.3 Å². The van der Waals surface area contributed by atoms with E-state index < -0.39 is 10.0 Å². The molecule has 2 unspecified atom stereocenters. The summed E-state index contributed by atoms with van der Waals surface area (Å²) in [5.41, 5.74) is 6.14. The Balaban J connectivity index is 2.22. The van der Waals surface area contributed by atoms with E-state index in [4.69, 9.17) is 10.5 Å². The highest BCUT2D eigenvalue weighted by atomic mass is 79.9. The molecule has 2 atom stereocenters. The summed E-state index contributed by atoms with van der Waals surface area (Å²) in [4.78, 5) is 0.197. The number of rotatable bonds is 3. The van der Waals surface area contributed by atoms with E-state index in [2.05, 4.69) is 20.7 Å².